The molecular weight excluding hydrogens is 252 g/mol. The number of hydrogen-bond acceptors (Lipinski definition) is 4. The van der Waals surface area contributed by atoms with Crippen molar-refractivity contribution < 1.29 is 4.74 Å². The number of nitrogens with zero attached hydrogens (tertiary/aromatic N) is 3. The van der Waals surface area contributed by atoms with Gasteiger partial charge in [0.2, 0.25) is 0 Å². The van der Waals surface area contributed by atoms with Crippen LogP contribution < -0.4 is 10.5 Å². The Balaban J connectivity index is 2.15. The molecule has 0 amide bonds. The van der Waals surface area contributed by atoms with E-state index in [-0.39, 0.29) is 6.04 Å². The lowest BCUT2D eigenvalue weighted by Gasteiger charge is -2.16. The average Bonchev–Trinajstić information content (AvgIpc) is 2.83. The van der Waals surface area contributed by atoms with Crippen LogP contribution in [0.2, 0.25) is 0 Å². The number of nitrogens with two attached hydrogens (primary N) is 1. The zero-order valence-corrected chi connectivity index (χ0v) is 12.3. The van der Waals surface area contributed by atoms with E-state index >= 15 is 0 Å². The summed E-state index contributed by atoms with van der Waals surface area (Å²) in [7, 11) is 1.86. The summed E-state index contributed by atoms with van der Waals surface area (Å²) in [6.45, 7) is 4.56. The molecule has 5 heteroatoms. The van der Waals surface area contributed by atoms with Gasteiger partial charge in [-0.1, -0.05) is 25.1 Å². The SMILES string of the molecule is CCC(N)Cc1cccc(C)c1OCc1ncnn1C. The highest BCUT2D eigenvalue weighted by atomic mass is 16.5. The minimum Gasteiger partial charge on any atom is -0.485 e. The van der Waals surface area contributed by atoms with Crippen molar-refractivity contribution in [2.24, 2.45) is 12.8 Å². The summed E-state index contributed by atoms with van der Waals surface area (Å²) in [6, 6.07) is 6.33. The van der Waals surface area contributed by atoms with Gasteiger partial charge in [0.05, 0.1) is 0 Å². The van der Waals surface area contributed by atoms with Gasteiger partial charge in [-0.25, -0.2) is 4.98 Å². The lowest BCUT2D eigenvalue weighted by atomic mass is 10.0. The predicted molar refractivity (Wildman–Crippen MR) is 78.5 cm³/mol. The third-order valence-electron chi connectivity index (χ3n) is 3.45. The molecule has 0 spiro atoms. The molecule has 1 aromatic heterocycles. The van der Waals surface area contributed by atoms with Crippen LogP contribution in [0.5, 0.6) is 5.75 Å². The first-order valence-corrected chi connectivity index (χ1v) is 6.91. The van der Waals surface area contributed by atoms with Gasteiger partial charge in [0.1, 0.15) is 18.7 Å². The molecule has 1 aromatic carbocycles. The molecule has 1 unspecified atom stereocenters. The third kappa shape index (κ3) is 3.36. The largest absolute Gasteiger partial charge is 0.485 e. The zero-order valence-electron chi connectivity index (χ0n) is 12.3. The molecule has 0 bridgehead atoms. The van der Waals surface area contributed by atoms with E-state index in [2.05, 4.69) is 23.1 Å². The van der Waals surface area contributed by atoms with E-state index in [1.54, 1.807) is 4.68 Å². The van der Waals surface area contributed by atoms with Gasteiger partial charge < -0.3 is 10.5 Å². The van der Waals surface area contributed by atoms with Gasteiger partial charge in [0.15, 0.2) is 5.82 Å². The second-order valence-corrected chi connectivity index (χ2v) is 5.02. The first-order valence-electron chi connectivity index (χ1n) is 6.91. The molecule has 2 N–H and O–H groups in total. The molecule has 2 aromatic rings. The Morgan fingerprint density at radius 1 is 1.40 bits per heavy atom. The Morgan fingerprint density at radius 3 is 2.85 bits per heavy atom. The highest BCUT2D eigenvalue weighted by molar-refractivity contribution is 5.41. The number of benzene rings is 1. The number of aryl methyl sites for hydroxylation is 2. The van der Waals surface area contributed by atoms with Gasteiger partial charge in [-0.15, -0.1) is 0 Å². The fourth-order valence-corrected chi connectivity index (χ4v) is 2.09. The Hall–Kier alpha value is -1.88. The Morgan fingerprint density at radius 2 is 2.20 bits per heavy atom. The Labute approximate surface area is 119 Å². The van der Waals surface area contributed by atoms with Crippen molar-refractivity contribution >= 4 is 0 Å². The molecule has 0 saturated heterocycles. The second kappa shape index (κ2) is 6.52. The van der Waals surface area contributed by atoms with Crippen molar-refractivity contribution in [2.45, 2.75) is 39.3 Å². The van der Waals surface area contributed by atoms with E-state index in [9.17, 15) is 0 Å². The average molecular weight is 274 g/mol. The smallest absolute Gasteiger partial charge is 0.164 e. The minimum absolute atomic E-state index is 0.161. The van der Waals surface area contributed by atoms with E-state index in [1.165, 1.54) is 6.33 Å². The Bertz CT molecular complexity index is 565. The molecule has 2 rings (SSSR count). The van der Waals surface area contributed by atoms with Crippen molar-refractivity contribution in [3.8, 4) is 5.75 Å². The topological polar surface area (TPSA) is 66.0 Å². The number of para-hydroxylation sites is 1. The summed E-state index contributed by atoms with van der Waals surface area (Å²) in [5, 5.41) is 4.04. The standard InChI is InChI=1S/C15H22N4O/c1-4-13(16)8-12-7-5-6-11(2)15(12)20-9-14-17-10-18-19(14)3/h5-7,10,13H,4,8-9,16H2,1-3H3. The van der Waals surface area contributed by atoms with Gasteiger partial charge >= 0.3 is 0 Å². The van der Waals surface area contributed by atoms with Crippen LogP contribution in [-0.4, -0.2) is 20.8 Å². The molecule has 0 saturated carbocycles. The summed E-state index contributed by atoms with van der Waals surface area (Å²) in [4.78, 5) is 4.17. The van der Waals surface area contributed by atoms with Crippen LogP contribution >= 0.6 is 0 Å². The van der Waals surface area contributed by atoms with E-state index in [0.717, 1.165) is 35.5 Å². The fraction of sp³-hybridized carbons (Fsp3) is 0.467. The number of ether oxygens (including phenoxy) is 1. The molecule has 108 valence electrons. The maximum absolute atomic E-state index is 6.06. The maximum atomic E-state index is 6.06. The normalized spacial score (nSPS) is 12.4. The van der Waals surface area contributed by atoms with E-state index < -0.39 is 0 Å². The monoisotopic (exact) mass is 274 g/mol. The first-order chi connectivity index (χ1) is 9.61. The van der Waals surface area contributed by atoms with Gasteiger partial charge in [-0.2, -0.15) is 5.10 Å². The van der Waals surface area contributed by atoms with E-state index in [4.69, 9.17) is 10.5 Å². The van der Waals surface area contributed by atoms with Crippen LogP contribution in [0.25, 0.3) is 0 Å². The van der Waals surface area contributed by atoms with Crippen molar-refractivity contribution in [1.82, 2.24) is 14.8 Å². The number of hydrogen-bond donors (Lipinski definition) is 1. The van der Waals surface area contributed by atoms with Crippen LogP contribution in [0.3, 0.4) is 0 Å². The van der Waals surface area contributed by atoms with Crippen LogP contribution in [0, 0.1) is 6.92 Å². The number of rotatable bonds is 6. The van der Waals surface area contributed by atoms with Gasteiger partial charge in [0.25, 0.3) is 0 Å². The molecule has 1 heterocycles. The molecule has 0 aliphatic rings. The zero-order chi connectivity index (χ0) is 14.5. The molecule has 0 aliphatic carbocycles. The van der Waals surface area contributed by atoms with E-state index in [0.29, 0.717) is 6.61 Å². The van der Waals surface area contributed by atoms with Crippen molar-refractivity contribution in [3.05, 3.63) is 41.5 Å². The van der Waals surface area contributed by atoms with Gasteiger partial charge in [-0.3, -0.25) is 4.68 Å². The fourth-order valence-electron chi connectivity index (χ4n) is 2.09. The van der Waals surface area contributed by atoms with Crippen molar-refractivity contribution in [2.75, 3.05) is 0 Å². The molecular formula is C15H22N4O. The molecule has 0 fully saturated rings. The molecule has 0 aliphatic heterocycles. The summed E-state index contributed by atoms with van der Waals surface area (Å²) < 4.78 is 7.68. The van der Waals surface area contributed by atoms with Crippen LogP contribution in [0.15, 0.2) is 24.5 Å². The van der Waals surface area contributed by atoms with Crippen LogP contribution in [0.1, 0.15) is 30.3 Å². The first kappa shape index (κ1) is 14.5. The molecule has 20 heavy (non-hydrogen) atoms. The lowest BCUT2D eigenvalue weighted by molar-refractivity contribution is 0.284. The second-order valence-electron chi connectivity index (χ2n) is 5.02. The summed E-state index contributed by atoms with van der Waals surface area (Å²) in [5.74, 6) is 1.72. The highest BCUT2D eigenvalue weighted by Gasteiger charge is 2.11. The van der Waals surface area contributed by atoms with Crippen molar-refractivity contribution in [1.29, 1.82) is 0 Å². The molecule has 1 atom stereocenters. The van der Waals surface area contributed by atoms with E-state index in [1.807, 2.05) is 26.1 Å². The highest BCUT2D eigenvalue weighted by Crippen LogP contribution is 2.25. The summed E-state index contributed by atoms with van der Waals surface area (Å²) in [6.07, 6.45) is 3.31. The third-order valence-corrected chi connectivity index (χ3v) is 3.45. The summed E-state index contributed by atoms with van der Waals surface area (Å²) >= 11 is 0. The molecule has 0 radical (unpaired) electrons. The van der Waals surface area contributed by atoms with Crippen LogP contribution in [0.4, 0.5) is 0 Å². The van der Waals surface area contributed by atoms with Gasteiger partial charge in [0, 0.05) is 13.1 Å². The summed E-state index contributed by atoms with van der Waals surface area (Å²) in [5.41, 5.74) is 8.33. The van der Waals surface area contributed by atoms with Crippen LogP contribution in [-0.2, 0) is 20.1 Å². The van der Waals surface area contributed by atoms with Crippen molar-refractivity contribution in [3.63, 3.8) is 0 Å². The quantitative estimate of drug-likeness (QED) is 0.874. The van der Waals surface area contributed by atoms with Gasteiger partial charge in [-0.05, 0) is 30.9 Å². The lowest BCUT2D eigenvalue weighted by Crippen LogP contribution is -2.22. The minimum atomic E-state index is 0.161. The number of aromatic nitrogens is 3. The maximum Gasteiger partial charge on any atom is 0.164 e. The molecule has 5 nitrogen and oxygen atoms in total. The Kier molecular flexibility index (Phi) is 4.74. The predicted octanol–water partition coefficient (Wildman–Crippen LogP) is 1.98.